The van der Waals surface area contributed by atoms with Gasteiger partial charge in [-0.3, -0.25) is 0 Å². The normalized spacial score (nSPS) is 10.3. The van der Waals surface area contributed by atoms with Crippen LogP contribution >= 0.6 is 0 Å². The van der Waals surface area contributed by atoms with Crippen LogP contribution in [0.1, 0.15) is 18.4 Å². The van der Waals surface area contributed by atoms with Crippen LogP contribution in [-0.2, 0) is 6.42 Å². The monoisotopic (exact) mass is 211 g/mol. The number of unbranched alkanes of at least 4 members (excludes halogenated alkanes) is 1. The van der Waals surface area contributed by atoms with E-state index >= 15 is 0 Å². The van der Waals surface area contributed by atoms with Gasteiger partial charge in [0.1, 0.15) is 0 Å². The lowest BCUT2D eigenvalue weighted by Gasteiger charge is -2.05. The Balaban J connectivity index is 2.45. The zero-order valence-electron chi connectivity index (χ0n) is 9.35. The van der Waals surface area contributed by atoms with E-state index in [4.69, 9.17) is 4.74 Å². The Morgan fingerprint density at radius 2 is 2.13 bits per heavy atom. The minimum absolute atomic E-state index is 0.274. The molecular formula is C12H18FNO. The molecule has 1 aromatic rings. The highest BCUT2D eigenvalue weighted by atomic mass is 19.1. The van der Waals surface area contributed by atoms with Crippen molar-refractivity contribution in [2.45, 2.75) is 19.3 Å². The Hall–Kier alpha value is -1.09. The van der Waals surface area contributed by atoms with Crippen LogP contribution in [0.3, 0.4) is 0 Å². The molecule has 84 valence electrons. The van der Waals surface area contributed by atoms with Crippen molar-refractivity contribution in [3.63, 3.8) is 0 Å². The van der Waals surface area contributed by atoms with Gasteiger partial charge in [0.25, 0.3) is 0 Å². The second-order valence-corrected chi connectivity index (χ2v) is 3.53. The van der Waals surface area contributed by atoms with Gasteiger partial charge in [0.2, 0.25) is 0 Å². The molecule has 0 heterocycles. The molecule has 0 aliphatic rings. The van der Waals surface area contributed by atoms with Crippen molar-refractivity contribution in [1.29, 1.82) is 0 Å². The van der Waals surface area contributed by atoms with Crippen LogP contribution in [0.15, 0.2) is 18.2 Å². The molecule has 0 aromatic heterocycles. The van der Waals surface area contributed by atoms with E-state index in [9.17, 15) is 4.39 Å². The number of halogens is 1. The quantitative estimate of drug-likeness (QED) is 0.729. The molecule has 2 nitrogen and oxygen atoms in total. The molecule has 0 saturated heterocycles. The Bertz CT molecular complexity index is 302. The molecule has 1 rings (SSSR count). The Labute approximate surface area is 90.4 Å². The summed E-state index contributed by atoms with van der Waals surface area (Å²) in [6.45, 7) is 1.01. The molecule has 0 aliphatic heterocycles. The number of methoxy groups -OCH3 is 1. The van der Waals surface area contributed by atoms with Gasteiger partial charge in [-0.05, 0) is 50.6 Å². The van der Waals surface area contributed by atoms with E-state index in [0.29, 0.717) is 5.75 Å². The fourth-order valence-corrected chi connectivity index (χ4v) is 1.50. The van der Waals surface area contributed by atoms with Crippen molar-refractivity contribution in [1.82, 2.24) is 5.32 Å². The van der Waals surface area contributed by atoms with Gasteiger partial charge in [0, 0.05) is 0 Å². The van der Waals surface area contributed by atoms with Crippen molar-refractivity contribution in [3.05, 3.63) is 29.6 Å². The first-order chi connectivity index (χ1) is 7.27. The lowest BCUT2D eigenvalue weighted by atomic mass is 10.1. The second-order valence-electron chi connectivity index (χ2n) is 3.53. The van der Waals surface area contributed by atoms with Gasteiger partial charge in [-0.15, -0.1) is 0 Å². The summed E-state index contributed by atoms with van der Waals surface area (Å²) in [6.07, 6.45) is 3.11. The standard InChI is InChI=1S/C12H18FNO/c1-14-8-4-3-5-10-6-7-12(15-2)11(13)9-10/h6-7,9,14H,3-5,8H2,1-2H3. The fraction of sp³-hybridized carbons (Fsp3) is 0.500. The van der Waals surface area contributed by atoms with Gasteiger partial charge in [-0.2, -0.15) is 0 Å². The highest BCUT2D eigenvalue weighted by molar-refractivity contribution is 5.29. The first kappa shape index (κ1) is 12.0. The molecule has 0 spiro atoms. The SMILES string of the molecule is CNCCCCc1ccc(OC)c(F)c1. The third kappa shape index (κ3) is 3.88. The highest BCUT2D eigenvalue weighted by Gasteiger charge is 2.02. The van der Waals surface area contributed by atoms with E-state index in [0.717, 1.165) is 31.4 Å². The summed E-state index contributed by atoms with van der Waals surface area (Å²) in [6, 6.07) is 5.15. The summed E-state index contributed by atoms with van der Waals surface area (Å²) < 4.78 is 18.1. The van der Waals surface area contributed by atoms with E-state index in [1.807, 2.05) is 13.1 Å². The predicted octanol–water partition coefficient (Wildman–Crippen LogP) is 2.38. The van der Waals surface area contributed by atoms with Gasteiger partial charge in [0.15, 0.2) is 11.6 Å². The minimum Gasteiger partial charge on any atom is -0.494 e. The molecule has 0 bridgehead atoms. The average Bonchev–Trinajstić information content (AvgIpc) is 2.25. The summed E-state index contributed by atoms with van der Waals surface area (Å²) >= 11 is 0. The van der Waals surface area contributed by atoms with Crippen LogP contribution < -0.4 is 10.1 Å². The number of aryl methyl sites for hydroxylation is 1. The maximum absolute atomic E-state index is 13.3. The topological polar surface area (TPSA) is 21.3 Å². The van der Waals surface area contributed by atoms with Crippen LogP contribution in [0.2, 0.25) is 0 Å². The lowest BCUT2D eigenvalue weighted by molar-refractivity contribution is 0.386. The third-order valence-corrected chi connectivity index (χ3v) is 2.36. The first-order valence-electron chi connectivity index (χ1n) is 5.25. The third-order valence-electron chi connectivity index (χ3n) is 2.36. The van der Waals surface area contributed by atoms with Crippen molar-refractivity contribution in [2.75, 3.05) is 20.7 Å². The molecule has 0 fully saturated rings. The van der Waals surface area contributed by atoms with E-state index in [1.54, 1.807) is 12.1 Å². The molecule has 0 radical (unpaired) electrons. The van der Waals surface area contributed by atoms with Crippen LogP contribution in [0.5, 0.6) is 5.75 Å². The van der Waals surface area contributed by atoms with Gasteiger partial charge in [-0.1, -0.05) is 6.07 Å². The zero-order valence-corrected chi connectivity index (χ0v) is 9.35. The molecule has 3 heteroatoms. The number of hydrogen-bond donors (Lipinski definition) is 1. The number of hydrogen-bond acceptors (Lipinski definition) is 2. The molecular weight excluding hydrogens is 193 g/mol. The molecule has 0 saturated carbocycles. The van der Waals surface area contributed by atoms with Gasteiger partial charge < -0.3 is 10.1 Å². The molecule has 0 amide bonds. The molecule has 1 N–H and O–H groups in total. The van der Waals surface area contributed by atoms with Crippen LogP contribution in [0.25, 0.3) is 0 Å². The summed E-state index contributed by atoms with van der Waals surface area (Å²) in [5, 5.41) is 3.09. The average molecular weight is 211 g/mol. The largest absolute Gasteiger partial charge is 0.494 e. The Morgan fingerprint density at radius 1 is 1.33 bits per heavy atom. The van der Waals surface area contributed by atoms with Crippen LogP contribution in [0.4, 0.5) is 4.39 Å². The molecule has 0 aliphatic carbocycles. The first-order valence-corrected chi connectivity index (χ1v) is 5.25. The van der Waals surface area contributed by atoms with Gasteiger partial charge >= 0.3 is 0 Å². The second kappa shape index (κ2) is 6.40. The maximum Gasteiger partial charge on any atom is 0.165 e. The maximum atomic E-state index is 13.3. The molecule has 0 unspecified atom stereocenters. The number of rotatable bonds is 6. The Morgan fingerprint density at radius 3 is 2.73 bits per heavy atom. The molecule has 15 heavy (non-hydrogen) atoms. The number of benzene rings is 1. The van der Waals surface area contributed by atoms with Crippen molar-refractivity contribution in [2.24, 2.45) is 0 Å². The van der Waals surface area contributed by atoms with Gasteiger partial charge in [-0.25, -0.2) is 4.39 Å². The number of nitrogens with one attached hydrogen (secondary N) is 1. The van der Waals surface area contributed by atoms with E-state index in [2.05, 4.69) is 5.32 Å². The molecule has 0 atom stereocenters. The van der Waals surface area contributed by atoms with Crippen LogP contribution in [0, 0.1) is 5.82 Å². The van der Waals surface area contributed by atoms with Crippen molar-refractivity contribution in [3.8, 4) is 5.75 Å². The minimum atomic E-state index is -0.274. The summed E-state index contributed by atoms with van der Waals surface area (Å²) in [4.78, 5) is 0. The molecule has 1 aromatic carbocycles. The van der Waals surface area contributed by atoms with Gasteiger partial charge in [0.05, 0.1) is 7.11 Å². The lowest BCUT2D eigenvalue weighted by Crippen LogP contribution is -2.07. The van der Waals surface area contributed by atoms with Crippen molar-refractivity contribution < 1.29 is 9.13 Å². The van der Waals surface area contributed by atoms with E-state index in [-0.39, 0.29) is 5.82 Å². The fourth-order valence-electron chi connectivity index (χ4n) is 1.50. The highest BCUT2D eigenvalue weighted by Crippen LogP contribution is 2.18. The summed E-state index contributed by atoms with van der Waals surface area (Å²) in [7, 11) is 3.41. The smallest absolute Gasteiger partial charge is 0.165 e. The van der Waals surface area contributed by atoms with Crippen LogP contribution in [-0.4, -0.2) is 20.7 Å². The van der Waals surface area contributed by atoms with E-state index in [1.165, 1.54) is 7.11 Å². The van der Waals surface area contributed by atoms with Crippen molar-refractivity contribution >= 4 is 0 Å². The Kier molecular flexibility index (Phi) is 5.12. The number of ether oxygens (including phenoxy) is 1. The predicted molar refractivity (Wildman–Crippen MR) is 59.8 cm³/mol. The van der Waals surface area contributed by atoms with E-state index < -0.39 is 0 Å². The summed E-state index contributed by atoms with van der Waals surface area (Å²) in [5.41, 5.74) is 1.03. The summed E-state index contributed by atoms with van der Waals surface area (Å²) in [5.74, 6) is 0.0394. The zero-order chi connectivity index (χ0) is 11.1.